The van der Waals surface area contributed by atoms with Gasteiger partial charge in [-0.3, -0.25) is 4.79 Å². The number of benzene rings is 2. The molecule has 0 saturated carbocycles. The van der Waals surface area contributed by atoms with Crippen molar-refractivity contribution in [3.8, 4) is 6.07 Å². The SMILES string of the molecule is N#Cc1ccc(C(=O)N[C@@H](CO)Cc2ccccc2)cc1. The number of aliphatic hydroxyl groups excluding tert-OH is 1. The molecule has 0 aliphatic heterocycles. The predicted octanol–water partition coefficient (Wildman–Crippen LogP) is 1.89. The summed E-state index contributed by atoms with van der Waals surface area (Å²) >= 11 is 0. The van der Waals surface area contributed by atoms with Crippen LogP contribution < -0.4 is 5.32 Å². The van der Waals surface area contributed by atoms with E-state index in [-0.39, 0.29) is 18.6 Å². The summed E-state index contributed by atoms with van der Waals surface area (Å²) in [7, 11) is 0. The molecule has 0 unspecified atom stereocenters. The molecule has 4 nitrogen and oxygen atoms in total. The van der Waals surface area contributed by atoms with Crippen molar-refractivity contribution in [2.75, 3.05) is 6.61 Å². The number of aliphatic hydroxyl groups is 1. The van der Waals surface area contributed by atoms with Gasteiger partial charge in [-0.15, -0.1) is 0 Å². The van der Waals surface area contributed by atoms with Crippen LogP contribution >= 0.6 is 0 Å². The molecule has 1 amide bonds. The van der Waals surface area contributed by atoms with Crippen LogP contribution in [0, 0.1) is 11.3 Å². The third kappa shape index (κ3) is 4.16. The third-order valence-electron chi connectivity index (χ3n) is 3.16. The maximum atomic E-state index is 12.1. The van der Waals surface area contributed by atoms with Crippen LogP contribution in [0.5, 0.6) is 0 Å². The molecule has 0 aromatic heterocycles. The molecule has 0 aliphatic rings. The molecule has 0 saturated heterocycles. The maximum Gasteiger partial charge on any atom is 0.251 e. The number of nitrogens with zero attached hydrogens (tertiary/aromatic N) is 1. The number of carbonyl (C=O) groups is 1. The van der Waals surface area contributed by atoms with Crippen molar-refractivity contribution in [1.29, 1.82) is 5.26 Å². The largest absolute Gasteiger partial charge is 0.394 e. The minimum atomic E-state index is -0.337. The number of rotatable bonds is 5. The average Bonchev–Trinajstić information content (AvgIpc) is 2.55. The van der Waals surface area contributed by atoms with Gasteiger partial charge >= 0.3 is 0 Å². The second-order valence-electron chi connectivity index (χ2n) is 4.73. The minimum absolute atomic E-state index is 0.128. The van der Waals surface area contributed by atoms with Gasteiger partial charge in [-0.25, -0.2) is 0 Å². The molecule has 0 fully saturated rings. The summed E-state index contributed by atoms with van der Waals surface area (Å²) in [6.07, 6.45) is 0.569. The van der Waals surface area contributed by atoms with Crippen LogP contribution in [0.2, 0.25) is 0 Å². The maximum absolute atomic E-state index is 12.1. The fourth-order valence-corrected chi connectivity index (χ4v) is 2.02. The number of amides is 1. The topological polar surface area (TPSA) is 73.1 Å². The fourth-order valence-electron chi connectivity index (χ4n) is 2.02. The molecule has 2 N–H and O–H groups in total. The van der Waals surface area contributed by atoms with Crippen LogP contribution in [0.4, 0.5) is 0 Å². The van der Waals surface area contributed by atoms with Gasteiger partial charge in [-0.1, -0.05) is 30.3 Å². The molecule has 1 atom stereocenters. The monoisotopic (exact) mass is 280 g/mol. The van der Waals surface area contributed by atoms with E-state index in [9.17, 15) is 9.90 Å². The summed E-state index contributed by atoms with van der Waals surface area (Å²) in [6.45, 7) is -0.128. The van der Waals surface area contributed by atoms with E-state index in [4.69, 9.17) is 5.26 Å². The van der Waals surface area contributed by atoms with E-state index in [1.165, 1.54) is 0 Å². The highest BCUT2D eigenvalue weighted by molar-refractivity contribution is 5.94. The second-order valence-corrected chi connectivity index (χ2v) is 4.73. The number of hydrogen-bond acceptors (Lipinski definition) is 3. The van der Waals surface area contributed by atoms with Crippen LogP contribution in [0.3, 0.4) is 0 Å². The Balaban J connectivity index is 2.00. The highest BCUT2D eigenvalue weighted by atomic mass is 16.3. The average molecular weight is 280 g/mol. The van der Waals surface area contributed by atoms with Crippen LogP contribution in [-0.2, 0) is 6.42 Å². The van der Waals surface area contributed by atoms with Crippen LogP contribution in [-0.4, -0.2) is 23.7 Å². The number of nitriles is 1. The number of carbonyl (C=O) groups excluding carboxylic acids is 1. The van der Waals surface area contributed by atoms with Crippen molar-refractivity contribution >= 4 is 5.91 Å². The Hall–Kier alpha value is -2.64. The van der Waals surface area contributed by atoms with Gasteiger partial charge in [0.1, 0.15) is 0 Å². The summed E-state index contributed by atoms with van der Waals surface area (Å²) in [4.78, 5) is 12.1. The smallest absolute Gasteiger partial charge is 0.251 e. The van der Waals surface area contributed by atoms with Crippen LogP contribution in [0.15, 0.2) is 54.6 Å². The zero-order valence-electron chi connectivity index (χ0n) is 11.5. The molecule has 106 valence electrons. The first-order valence-electron chi connectivity index (χ1n) is 6.68. The molecule has 2 aromatic rings. The lowest BCUT2D eigenvalue weighted by Crippen LogP contribution is -2.39. The number of hydrogen-bond donors (Lipinski definition) is 2. The molecule has 4 heteroatoms. The van der Waals surface area contributed by atoms with Gasteiger partial charge < -0.3 is 10.4 Å². The predicted molar refractivity (Wildman–Crippen MR) is 79.6 cm³/mol. The minimum Gasteiger partial charge on any atom is -0.394 e. The quantitative estimate of drug-likeness (QED) is 0.878. The van der Waals surface area contributed by atoms with Crippen molar-refractivity contribution in [3.63, 3.8) is 0 Å². The summed E-state index contributed by atoms with van der Waals surface area (Å²) in [6, 6.07) is 17.7. The van der Waals surface area contributed by atoms with Crippen molar-refractivity contribution in [2.24, 2.45) is 0 Å². The van der Waals surface area contributed by atoms with E-state index in [1.54, 1.807) is 24.3 Å². The molecule has 2 rings (SSSR count). The standard InChI is InChI=1S/C17H16N2O2/c18-11-14-6-8-15(9-7-14)17(21)19-16(12-20)10-13-4-2-1-3-5-13/h1-9,16,20H,10,12H2,(H,19,21)/t16-/m1/s1. The summed E-state index contributed by atoms with van der Waals surface area (Å²) in [5, 5.41) is 20.9. The molecule has 21 heavy (non-hydrogen) atoms. The zero-order chi connectivity index (χ0) is 15.1. The van der Waals surface area contributed by atoms with Gasteiger partial charge in [-0.2, -0.15) is 5.26 Å². The van der Waals surface area contributed by atoms with Gasteiger partial charge in [0, 0.05) is 5.56 Å². The van der Waals surface area contributed by atoms with Crippen molar-refractivity contribution < 1.29 is 9.90 Å². The van der Waals surface area contributed by atoms with E-state index in [0.717, 1.165) is 5.56 Å². The molecule has 2 aromatic carbocycles. The van der Waals surface area contributed by atoms with Gasteiger partial charge in [0.25, 0.3) is 5.91 Å². The van der Waals surface area contributed by atoms with E-state index in [1.807, 2.05) is 36.4 Å². The van der Waals surface area contributed by atoms with Crippen LogP contribution in [0.1, 0.15) is 21.5 Å². The Morgan fingerprint density at radius 1 is 1.14 bits per heavy atom. The molecule has 0 heterocycles. The first-order chi connectivity index (χ1) is 10.2. The van der Waals surface area contributed by atoms with Gasteiger partial charge in [0.15, 0.2) is 0 Å². The van der Waals surface area contributed by atoms with E-state index >= 15 is 0 Å². The summed E-state index contributed by atoms with van der Waals surface area (Å²) < 4.78 is 0. The summed E-state index contributed by atoms with van der Waals surface area (Å²) in [5.41, 5.74) is 2.03. The lowest BCUT2D eigenvalue weighted by molar-refractivity contribution is 0.0916. The highest BCUT2D eigenvalue weighted by Crippen LogP contribution is 2.06. The van der Waals surface area contributed by atoms with E-state index in [2.05, 4.69) is 5.32 Å². The normalized spacial score (nSPS) is 11.4. The van der Waals surface area contributed by atoms with Crippen molar-refractivity contribution in [3.05, 3.63) is 71.3 Å². The lowest BCUT2D eigenvalue weighted by Gasteiger charge is -2.16. The second kappa shape index (κ2) is 7.22. The van der Waals surface area contributed by atoms with Gasteiger partial charge in [0.05, 0.1) is 24.3 Å². The third-order valence-corrected chi connectivity index (χ3v) is 3.16. The van der Waals surface area contributed by atoms with Crippen LogP contribution in [0.25, 0.3) is 0 Å². The lowest BCUT2D eigenvalue weighted by atomic mass is 10.1. The molecule has 0 radical (unpaired) electrons. The molecule has 0 aliphatic carbocycles. The van der Waals surface area contributed by atoms with Crippen molar-refractivity contribution in [2.45, 2.75) is 12.5 Å². The fraction of sp³-hybridized carbons (Fsp3) is 0.176. The van der Waals surface area contributed by atoms with Gasteiger partial charge in [0.2, 0.25) is 0 Å². The zero-order valence-corrected chi connectivity index (χ0v) is 11.5. The Morgan fingerprint density at radius 2 is 1.81 bits per heavy atom. The first kappa shape index (κ1) is 14.8. The van der Waals surface area contributed by atoms with Gasteiger partial charge in [-0.05, 0) is 36.2 Å². The summed E-state index contributed by atoms with van der Waals surface area (Å²) in [5.74, 6) is -0.255. The van der Waals surface area contributed by atoms with E-state index in [0.29, 0.717) is 17.5 Å². The highest BCUT2D eigenvalue weighted by Gasteiger charge is 2.13. The number of nitrogens with one attached hydrogen (secondary N) is 1. The molecule has 0 bridgehead atoms. The first-order valence-corrected chi connectivity index (χ1v) is 6.68. The Labute approximate surface area is 123 Å². The van der Waals surface area contributed by atoms with E-state index < -0.39 is 0 Å². The molecular weight excluding hydrogens is 264 g/mol. The molecular formula is C17H16N2O2. The Bertz CT molecular complexity index is 630. The Morgan fingerprint density at radius 3 is 2.38 bits per heavy atom. The Kier molecular flexibility index (Phi) is 5.08. The van der Waals surface area contributed by atoms with Crippen molar-refractivity contribution in [1.82, 2.24) is 5.32 Å². The molecule has 0 spiro atoms.